The van der Waals surface area contributed by atoms with Crippen molar-refractivity contribution in [2.45, 2.75) is 13.3 Å². The molecule has 4 N–H and O–H groups in total. The van der Waals surface area contributed by atoms with Gasteiger partial charge in [-0.15, -0.1) is 0 Å². The molecule has 0 aromatic heterocycles. The summed E-state index contributed by atoms with van der Waals surface area (Å²) in [5.41, 5.74) is 4.87. The summed E-state index contributed by atoms with van der Waals surface area (Å²) in [7, 11) is 0. The van der Waals surface area contributed by atoms with Gasteiger partial charge in [-0.05, 0) is 43.0 Å². The number of nitrogen functional groups attached to an aromatic ring is 1. The van der Waals surface area contributed by atoms with Gasteiger partial charge in [0, 0.05) is 6.54 Å². The van der Waals surface area contributed by atoms with Crippen molar-refractivity contribution in [2.75, 3.05) is 24.0 Å². The number of rotatable bonds is 6. The second-order valence-electron chi connectivity index (χ2n) is 3.80. The molecule has 1 aromatic rings. The molecule has 5 heteroatoms. The van der Waals surface area contributed by atoms with Gasteiger partial charge in [-0.3, -0.25) is 10.6 Å². The third-order valence-corrected chi connectivity index (χ3v) is 3.08. The number of hydrazine groups is 1. The molecule has 0 atom stereocenters. The zero-order chi connectivity index (χ0) is 12.7. The standard InChI is InChI=1S/C12H19N3OS/c1-9-4-5-10(11(8-9)15-13)12(16)14-6-3-7-17-2/h4-5,8,15H,3,6-7,13H2,1-2H3,(H,14,16). The first-order chi connectivity index (χ1) is 8.19. The smallest absolute Gasteiger partial charge is 0.253 e. The molecule has 1 amide bonds. The Morgan fingerprint density at radius 3 is 2.88 bits per heavy atom. The minimum Gasteiger partial charge on any atom is -0.352 e. The lowest BCUT2D eigenvalue weighted by atomic mass is 10.1. The largest absolute Gasteiger partial charge is 0.352 e. The van der Waals surface area contributed by atoms with E-state index >= 15 is 0 Å². The summed E-state index contributed by atoms with van der Waals surface area (Å²) in [5.74, 6) is 6.37. The number of carbonyl (C=O) groups is 1. The predicted molar refractivity (Wildman–Crippen MR) is 74.3 cm³/mol. The van der Waals surface area contributed by atoms with Gasteiger partial charge in [0.15, 0.2) is 0 Å². The van der Waals surface area contributed by atoms with Gasteiger partial charge in [0.05, 0.1) is 11.3 Å². The monoisotopic (exact) mass is 253 g/mol. The SMILES string of the molecule is CSCCCNC(=O)c1ccc(C)cc1NN. The summed E-state index contributed by atoms with van der Waals surface area (Å²) >= 11 is 1.78. The molecule has 0 spiro atoms. The molecule has 0 aliphatic carbocycles. The van der Waals surface area contributed by atoms with E-state index in [0.717, 1.165) is 17.7 Å². The number of hydrogen-bond donors (Lipinski definition) is 3. The minimum atomic E-state index is -0.0842. The number of amides is 1. The lowest BCUT2D eigenvalue weighted by molar-refractivity contribution is 0.0954. The molecule has 0 radical (unpaired) electrons. The molecule has 94 valence electrons. The van der Waals surface area contributed by atoms with Crippen LogP contribution in [0.5, 0.6) is 0 Å². The molecule has 0 aliphatic heterocycles. The van der Waals surface area contributed by atoms with Crippen LogP contribution in [0.15, 0.2) is 18.2 Å². The molecule has 0 saturated carbocycles. The van der Waals surface area contributed by atoms with Crippen LogP contribution in [-0.4, -0.2) is 24.5 Å². The zero-order valence-corrected chi connectivity index (χ0v) is 11.1. The predicted octanol–water partition coefficient (Wildman–Crippen LogP) is 1.76. The van der Waals surface area contributed by atoms with Crippen LogP contribution in [-0.2, 0) is 0 Å². The fraction of sp³-hybridized carbons (Fsp3) is 0.417. The minimum absolute atomic E-state index is 0.0842. The number of thioether (sulfide) groups is 1. The molecule has 0 fully saturated rings. The zero-order valence-electron chi connectivity index (χ0n) is 10.2. The van der Waals surface area contributed by atoms with E-state index in [1.807, 2.05) is 19.1 Å². The van der Waals surface area contributed by atoms with Gasteiger partial charge in [0.1, 0.15) is 0 Å². The van der Waals surface area contributed by atoms with Crippen LogP contribution in [0.25, 0.3) is 0 Å². The van der Waals surface area contributed by atoms with Gasteiger partial charge >= 0.3 is 0 Å². The second-order valence-corrected chi connectivity index (χ2v) is 4.78. The third kappa shape index (κ3) is 4.28. The van der Waals surface area contributed by atoms with Crippen molar-refractivity contribution < 1.29 is 4.79 Å². The highest BCUT2D eigenvalue weighted by molar-refractivity contribution is 7.98. The molecule has 0 aliphatic rings. The molecule has 0 bridgehead atoms. The van der Waals surface area contributed by atoms with Crippen LogP contribution in [0.4, 0.5) is 5.69 Å². The summed E-state index contributed by atoms with van der Waals surface area (Å²) in [6, 6.07) is 5.54. The van der Waals surface area contributed by atoms with E-state index < -0.39 is 0 Å². The second kappa shape index (κ2) is 7.19. The van der Waals surface area contributed by atoms with Crippen molar-refractivity contribution in [3.8, 4) is 0 Å². The topological polar surface area (TPSA) is 67.2 Å². The van der Waals surface area contributed by atoms with Gasteiger partial charge in [0.25, 0.3) is 5.91 Å². The van der Waals surface area contributed by atoms with Crippen LogP contribution in [0.3, 0.4) is 0 Å². The van der Waals surface area contributed by atoms with E-state index in [1.54, 1.807) is 17.8 Å². The lowest BCUT2D eigenvalue weighted by Crippen LogP contribution is -2.26. The van der Waals surface area contributed by atoms with Gasteiger partial charge in [-0.2, -0.15) is 11.8 Å². The highest BCUT2D eigenvalue weighted by atomic mass is 32.2. The highest BCUT2D eigenvalue weighted by Gasteiger charge is 2.09. The van der Waals surface area contributed by atoms with Gasteiger partial charge in [-0.25, -0.2) is 0 Å². The number of benzene rings is 1. The normalized spacial score (nSPS) is 10.1. The molecule has 4 nitrogen and oxygen atoms in total. The Bertz CT molecular complexity index is 382. The molecule has 0 unspecified atom stereocenters. The average molecular weight is 253 g/mol. The van der Waals surface area contributed by atoms with Gasteiger partial charge in [0.2, 0.25) is 0 Å². The van der Waals surface area contributed by atoms with E-state index in [0.29, 0.717) is 17.8 Å². The van der Waals surface area contributed by atoms with E-state index in [2.05, 4.69) is 17.0 Å². The maximum Gasteiger partial charge on any atom is 0.253 e. The van der Waals surface area contributed by atoms with Crippen molar-refractivity contribution in [1.82, 2.24) is 5.32 Å². The van der Waals surface area contributed by atoms with Crippen molar-refractivity contribution in [3.63, 3.8) is 0 Å². The highest BCUT2D eigenvalue weighted by Crippen LogP contribution is 2.16. The fourth-order valence-corrected chi connectivity index (χ4v) is 1.92. The van der Waals surface area contributed by atoms with Crippen LogP contribution in [0.2, 0.25) is 0 Å². The molecule has 0 saturated heterocycles. The number of hydrogen-bond acceptors (Lipinski definition) is 4. The molecule has 17 heavy (non-hydrogen) atoms. The number of anilines is 1. The van der Waals surface area contributed by atoms with Crippen molar-refractivity contribution in [2.24, 2.45) is 5.84 Å². The number of aryl methyl sites for hydroxylation is 1. The summed E-state index contributed by atoms with van der Waals surface area (Å²) in [5, 5.41) is 2.88. The fourth-order valence-electron chi connectivity index (χ4n) is 1.49. The van der Waals surface area contributed by atoms with Crippen LogP contribution in [0, 0.1) is 6.92 Å². The number of carbonyl (C=O) groups excluding carboxylic acids is 1. The van der Waals surface area contributed by atoms with E-state index in [-0.39, 0.29) is 5.91 Å². The number of nitrogens with one attached hydrogen (secondary N) is 2. The third-order valence-electron chi connectivity index (χ3n) is 2.39. The Hall–Kier alpha value is -1.20. The molecular weight excluding hydrogens is 234 g/mol. The Morgan fingerprint density at radius 2 is 2.24 bits per heavy atom. The first kappa shape index (κ1) is 13.9. The molecular formula is C12H19N3OS. The van der Waals surface area contributed by atoms with E-state index in [4.69, 9.17) is 5.84 Å². The van der Waals surface area contributed by atoms with Crippen LogP contribution < -0.4 is 16.6 Å². The molecule has 0 heterocycles. The van der Waals surface area contributed by atoms with Crippen LogP contribution >= 0.6 is 11.8 Å². The van der Waals surface area contributed by atoms with Gasteiger partial charge < -0.3 is 10.7 Å². The number of nitrogens with two attached hydrogens (primary N) is 1. The Labute approximate surface area is 106 Å². The van der Waals surface area contributed by atoms with Gasteiger partial charge in [-0.1, -0.05) is 6.07 Å². The van der Waals surface area contributed by atoms with Crippen molar-refractivity contribution in [3.05, 3.63) is 29.3 Å². The van der Waals surface area contributed by atoms with Crippen LogP contribution in [0.1, 0.15) is 22.3 Å². The summed E-state index contributed by atoms with van der Waals surface area (Å²) < 4.78 is 0. The first-order valence-corrected chi connectivity index (χ1v) is 6.93. The maximum atomic E-state index is 11.9. The van der Waals surface area contributed by atoms with Crippen molar-refractivity contribution >= 4 is 23.4 Å². The Balaban J connectivity index is 2.62. The summed E-state index contributed by atoms with van der Waals surface area (Å²) in [6.07, 6.45) is 3.03. The summed E-state index contributed by atoms with van der Waals surface area (Å²) in [4.78, 5) is 11.9. The lowest BCUT2D eigenvalue weighted by Gasteiger charge is -2.10. The summed E-state index contributed by atoms with van der Waals surface area (Å²) in [6.45, 7) is 2.65. The molecule has 1 aromatic carbocycles. The van der Waals surface area contributed by atoms with E-state index in [9.17, 15) is 4.79 Å². The van der Waals surface area contributed by atoms with Crippen molar-refractivity contribution in [1.29, 1.82) is 0 Å². The maximum absolute atomic E-state index is 11.9. The quantitative estimate of drug-likeness (QED) is 0.410. The Morgan fingerprint density at radius 1 is 1.47 bits per heavy atom. The average Bonchev–Trinajstić information content (AvgIpc) is 2.34. The van der Waals surface area contributed by atoms with E-state index in [1.165, 1.54) is 0 Å². The first-order valence-electron chi connectivity index (χ1n) is 5.53. The molecule has 1 rings (SSSR count). The Kier molecular flexibility index (Phi) is 5.86.